The molecule has 2 aromatic rings. The second-order valence-corrected chi connectivity index (χ2v) is 7.04. The number of amides is 1. The van der Waals surface area contributed by atoms with Crippen LogP contribution in [0.5, 0.6) is 11.6 Å². The molecule has 0 unspecified atom stereocenters. The molecule has 1 aliphatic rings. The third-order valence-electron chi connectivity index (χ3n) is 4.47. The molecule has 0 aliphatic carbocycles. The maximum Gasteiger partial charge on any atom is 0.220 e. The van der Waals surface area contributed by atoms with E-state index >= 15 is 0 Å². The van der Waals surface area contributed by atoms with Crippen LogP contribution in [-0.4, -0.2) is 39.2 Å². The van der Waals surface area contributed by atoms with Crippen molar-refractivity contribution < 1.29 is 19.4 Å². The van der Waals surface area contributed by atoms with Crippen LogP contribution < -0.4 is 10.1 Å². The first kappa shape index (κ1) is 18.4. The van der Waals surface area contributed by atoms with Gasteiger partial charge in [-0.15, -0.1) is 0 Å². The van der Waals surface area contributed by atoms with Gasteiger partial charge in [-0.1, -0.05) is 0 Å². The van der Waals surface area contributed by atoms with Gasteiger partial charge in [-0.2, -0.15) is 5.10 Å². The largest absolute Gasteiger partial charge is 0.493 e. The molecule has 1 aliphatic heterocycles. The van der Waals surface area contributed by atoms with Gasteiger partial charge in [0.25, 0.3) is 0 Å². The number of benzene rings is 1. The molecule has 8 heteroatoms. The second-order valence-electron chi connectivity index (χ2n) is 6.19. The van der Waals surface area contributed by atoms with Crippen LogP contribution in [0.4, 0.5) is 0 Å². The molecule has 0 bridgehead atoms. The molecule has 0 saturated carbocycles. The molecule has 1 aromatic heterocycles. The Morgan fingerprint density at radius 2 is 2.23 bits per heavy atom. The predicted octanol–water partition coefficient (Wildman–Crippen LogP) is 2.57. The summed E-state index contributed by atoms with van der Waals surface area (Å²) >= 11 is 3.45. The molecule has 2 N–H and O–H groups in total. The van der Waals surface area contributed by atoms with Crippen molar-refractivity contribution in [3.63, 3.8) is 0 Å². The number of nitrogens with zero attached hydrogens (tertiary/aromatic N) is 2. The molecule has 7 nitrogen and oxygen atoms in total. The van der Waals surface area contributed by atoms with Crippen molar-refractivity contribution in [2.75, 3.05) is 6.61 Å². The lowest BCUT2D eigenvalue weighted by Crippen LogP contribution is -2.31. The summed E-state index contributed by atoms with van der Waals surface area (Å²) in [6.07, 6.45) is 2.61. The Bertz CT molecular complexity index is 862. The maximum absolute atomic E-state index is 12.8. The van der Waals surface area contributed by atoms with Crippen LogP contribution in [0.15, 0.2) is 22.8 Å². The van der Waals surface area contributed by atoms with Crippen LogP contribution in [0.25, 0.3) is 0 Å². The summed E-state index contributed by atoms with van der Waals surface area (Å²) in [5.74, 6) is 0.128. The number of rotatable bonds is 6. The highest BCUT2D eigenvalue weighted by Crippen LogP contribution is 2.33. The zero-order valence-corrected chi connectivity index (χ0v) is 16.2. The van der Waals surface area contributed by atoms with E-state index in [0.717, 1.165) is 10.9 Å². The van der Waals surface area contributed by atoms with Crippen molar-refractivity contribution in [1.29, 1.82) is 0 Å². The number of carbonyl (C=O) groups excluding carboxylic acids is 2. The maximum atomic E-state index is 12.8. The molecule has 2 heterocycles. The smallest absolute Gasteiger partial charge is 0.220 e. The molecule has 0 radical (unpaired) electrons. The van der Waals surface area contributed by atoms with Gasteiger partial charge in [0.2, 0.25) is 11.8 Å². The SMILES string of the molecule is CCn1ncc(C(=O)c2ccc(Br)c(OC[C@@H]3CCC(=O)N3)c2C)c1O. The van der Waals surface area contributed by atoms with Gasteiger partial charge >= 0.3 is 0 Å². The lowest BCUT2D eigenvalue weighted by Gasteiger charge is -2.17. The quantitative estimate of drug-likeness (QED) is 0.699. The first-order valence-electron chi connectivity index (χ1n) is 8.43. The molecule has 138 valence electrons. The predicted molar refractivity (Wildman–Crippen MR) is 98.5 cm³/mol. The molecular formula is C18H20BrN3O4. The third kappa shape index (κ3) is 3.46. The van der Waals surface area contributed by atoms with E-state index in [4.69, 9.17) is 4.74 Å². The van der Waals surface area contributed by atoms with Gasteiger partial charge in [0.05, 0.1) is 16.7 Å². The summed E-state index contributed by atoms with van der Waals surface area (Å²) in [5.41, 5.74) is 1.26. The zero-order valence-electron chi connectivity index (χ0n) is 14.6. The van der Waals surface area contributed by atoms with E-state index in [0.29, 0.717) is 36.4 Å². The van der Waals surface area contributed by atoms with Gasteiger partial charge in [0.15, 0.2) is 5.78 Å². The van der Waals surface area contributed by atoms with E-state index in [1.807, 2.05) is 6.92 Å². The fraction of sp³-hybridized carbons (Fsp3) is 0.389. The van der Waals surface area contributed by atoms with Crippen molar-refractivity contribution in [2.45, 2.75) is 39.3 Å². The Labute approximate surface area is 159 Å². The summed E-state index contributed by atoms with van der Waals surface area (Å²) in [6.45, 7) is 4.43. The Hall–Kier alpha value is -2.35. The van der Waals surface area contributed by atoms with E-state index in [9.17, 15) is 14.7 Å². The highest BCUT2D eigenvalue weighted by atomic mass is 79.9. The highest BCUT2D eigenvalue weighted by Gasteiger charge is 2.24. The van der Waals surface area contributed by atoms with E-state index < -0.39 is 0 Å². The monoisotopic (exact) mass is 421 g/mol. The van der Waals surface area contributed by atoms with Crippen LogP contribution >= 0.6 is 15.9 Å². The van der Waals surface area contributed by atoms with Crippen LogP contribution in [0, 0.1) is 6.92 Å². The molecule has 0 spiro atoms. The average Bonchev–Trinajstić information content (AvgIpc) is 3.19. The topological polar surface area (TPSA) is 93.5 Å². The average molecular weight is 422 g/mol. The van der Waals surface area contributed by atoms with Crippen molar-refractivity contribution in [2.24, 2.45) is 0 Å². The van der Waals surface area contributed by atoms with Gasteiger partial charge in [0.1, 0.15) is 17.9 Å². The van der Waals surface area contributed by atoms with Crippen molar-refractivity contribution in [3.8, 4) is 11.6 Å². The van der Waals surface area contributed by atoms with Gasteiger partial charge in [-0.3, -0.25) is 9.59 Å². The van der Waals surface area contributed by atoms with Gasteiger partial charge in [-0.05, 0) is 48.3 Å². The standard InChI is InChI=1S/C18H20BrN3O4/c1-3-22-18(25)13(8-20-22)16(24)12-5-6-14(19)17(10(12)2)26-9-11-4-7-15(23)21-11/h5-6,8,11,25H,3-4,7,9H2,1-2H3,(H,21,23)/t11-/m0/s1. The fourth-order valence-electron chi connectivity index (χ4n) is 2.98. The lowest BCUT2D eigenvalue weighted by atomic mass is 10.00. The van der Waals surface area contributed by atoms with E-state index in [1.54, 1.807) is 19.1 Å². The van der Waals surface area contributed by atoms with Gasteiger partial charge in [-0.25, -0.2) is 4.68 Å². The van der Waals surface area contributed by atoms with Crippen LogP contribution in [-0.2, 0) is 11.3 Å². The molecule has 26 heavy (non-hydrogen) atoms. The summed E-state index contributed by atoms with van der Waals surface area (Å²) in [7, 11) is 0. The van der Waals surface area contributed by atoms with Crippen molar-refractivity contribution in [1.82, 2.24) is 15.1 Å². The first-order valence-corrected chi connectivity index (χ1v) is 9.22. The Morgan fingerprint density at radius 1 is 1.46 bits per heavy atom. The number of ketones is 1. The van der Waals surface area contributed by atoms with Crippen molar-refractivity contribution in [3.05, 3.63) is 39.5 Å². The number of aryl methyl sites for hydroxylation is 1. The molecule has 1 amide bonds. The highest BCUT2D eigenvalue weighted by molar-refractivity contribution is 9.10. The number of aromatic hydroxyl groups is 1. The third-order valence-corrected chi connectivity index (χ3v) is 5.10. The van der Waals surface area contributed by atoms with E-state index in [2.05, 4.69) is 26.3 Å². The molecule has 1 saturated heterocycles. The van der Waals surface area contributed by atoms with Crippen molar-refractivity contribution >= 4 is 27.6 Å². The molecule has 1 aromatic carbocycles. The molecule has 1 fully saturated rings. The minimum absolute atomic E-state index is 0.0278. The normalized spacial score (nSPS) is 16.6. The first-order chi connectivity index (χ1) is 12.4. The number of hydrogen-bond acceptors (Lipinski definition) is 5. The minimum atomic E-state index is -0.314. The Kier molecular flexibility index (Phi) is 5.31. The summed E-state index contributed by atoms with van der Waals surface area (Å²) in [6, 6.07) is 3.40. The lowest BCUT2D eigenvalue weighted by molar-refractivity contribution is -0.119. The zero-order chi connectivity index (χ0) is 18.8. The number of nitrogens with one attached hydrogen (secondary N) is 1. The van der Waals surface area contributed by atoms with Crippen LogP contribution in [0.1, 0.15) is 41.3 Å². The summed E-state index contributed by atoms with van der Waals surface area (Å²) in [4.78, 5) is 24.1. The van der Waals surface area contributed by atoms with E-state index in [-0.39, 0.29) is 29.2 Å². The van der Waals surface area contributed by atoms with Crippen LogP contribution in [0.3, 0.4) is 0 Å². The minimum Gasteiger partial charge on any atom is -0.493 e. The number of carbonyl (C=O) groups is 2. The fourth-order valence-corrected chi connectivity index (χ4v) is 3.53. The summed E-state index contributed by atoms with van der Waals surface area (Å²) < 4.78 is 7.97. The molecule has 1 atom stereocenters. The Morgan fingerprint density at radius 3 is 2.85 bits per heavy atom. The van der Waals surface area contributed by atoms with Gasteiger partial charge < -0.3 is 15.2 Å². The number of ether oxygens (including phenoxy) is 1. The number of aromatic nitrogens is 2. The second kappa shape index (κ2) is 7.49. The Balaban J connectivity index is 1.85. The summed E-state index contributed by atoms with van der Waals surface area (Å²) in [5, 5.41) is 17.0. The molecule has 3 rings (SSSR count). The molecular weight excluding hydrogens is 402 g/mol. The number of halogens is 1. The van der Waals surface area contributed by atoms with Gasteiger partial charge in [0, 0.05) is 24.1 Å². The van der Waals surface area contributed by atoms with Crippen LogP contribution in [0.2, 0.25) is 0 Å². The number of hydrogen-bond donors (Lipinski definition) is 2. The van der Waals surface area contributed by atoms with E-state index in [1.165, 1.54) is 10.9 Å².